The molecule has 9 nitrogen and oxygen atoms in total. The molecule has 210 valence electrons. The number of nitrogens with zero attached hydrogens (tertiary/aromatic N) is 3. The highest BCUT2D eigenvalue weighted by Crippen LogP contribution is 2.36. The van der Waals surface area contributed by atoms with Gasteiger partial charge in [-0.25, -0.2) is 9.89 Å². The Labute approximate surface area is 238 Å². The van der Waals surface area contributed by atoms with Crippen LogP contribution >= 0.6 is 11.8 Å². The lowest BCUT2D eigenvalue weighted by atomic mass is 9.95. The van der Waals surface area contributed by atoms with Crippen molar-refractivity contribution in [2.45, 2.75) is 75.6 Å². The van der Waals surface area contributed by atoms with Gasteiger partial charge < -0.3 is 15.4 Å². The van der Waals surface area contributed by atoms with Crippen molar-refractivity contribution in [1.82, 2.24) is 10.2 Å². The highest BCUT2D eigenvalue weighted by Gasteiger charge is 2.42. The van der Waals surface area contributed by atoms with Crippen molar-refractivity contribution < 1.29 is 19.1 Å². The van der Waals surface area contributed by atoms with Crippen LogP contribution in [-0.4, -0.2) is 58.1 Å². The fourth-order valence-corrected chi connectivity index (χ4v) is 6.28. The number of amides is 3. The second kappa shape index (κ2) is 12.7. The Bertz CT molecular complexity index is 1340. The molecular weight excluding hydrogens is 526 g/mol. The molecule has 2 N–H and O–H groups in total. The molecule has 0 aromatic heterocycles. The molecule has 3 aliphatic rings. The summed E-state index contributed by atoms with van der Waals surface area (Å²) in [6.45, 7) is 1.93. The first kappa shape index (κ1) is 27.9. The molecular formula is C30H35N5O4S. The number of anilines is 1. The molecule has 1 fully saturated rings. The number of carbonyl (C=O) groups excluding carboxylic acids is 3. The van der Waals surface area contributed by atoms with Gasteiger partial charge >= 0.3 is 0 Å². The number of nitrogens with one attached hydrogen (secondary N) is 2. The number of benzene rings is 2. The summed E-state index contributed by atoms with van der Waals surface area (Å²) in [6.07, 6.45) is 6.63. The molecule has 3 amide bonds. The minimum atomic E-state index is -0.672. The number of aliphatic imine (C=N–C) groups is 2. The molecule has 0 unspecified atom stereocenters. The summed E-state index contributed by atoms with van der Waals surface area (Å²) in [5, 5.41) is 6.00. The predicted molar refractivity (Wildman–Crippen MR) is 158 cm³/mol. The summed E-state index contributed by atoms with van der Waals surface area (Å²) in [5.41, 5.74) is 2.10. The molecule has 2 atom stereocenters. The summed E-state index contributed by atoms with van der Waals surface area (Å²) >= 11 is 1.25. The first-order valence-electron chi connectivity index (χ1n) is 14.0. The third-order valence-electron chi connectivity index (χ3n) is 7.41. The molecule has 2 aromatic rings. The van der Waals surface area contributed by atoms with Gasteiger partial charge in [0, 0.05) is 29.8 Å². The van der Waals surface area contributed by atoms with E-state index in [1.54, 1.807) is 19.2 Å². The van der Waals surface area contributed by atoms with Gasteiger partial charge in [0.15, 0.2) is 5.17 Å². The number of carbonyl (C=O) groups is 3. The minimum absolute atomic E-state index is 0.0336. The second-order valence-electron chi connectivity index (χ2n) is 10.2. The molecule has 2 heterocycles. The van der Waals surface area contributed by atoms with Crippen LogP contribution < -0.4 is 15.4 Å². The first-order chi connectivity index (χ1) is 19.5. The van der Waals surface area contributed by atoms with Crippen LogP contribution in [0.25, 0.3) is 0 Å². The maximum absolute atomic E-state index is 13.6. The summed E-state index contributed by atoms with van der Waals surface area (Å²) in [6, 6.07) is 14.3. The van der Waals surface area contributed by atoms with Gasteiger partial charge in [0.05, 0.1) is 18.0 Å². The van der Waals surface area contributed by atoms with E-state index in [2.05, 4.69) is 10.6 Å². The lowest BCUT2D eigenvalue weighted by Gasteiger charge is -2.27. The van der Waals surface area contributed by atoms with Crippen LogP contribution in [0.5, 0.6) is 5.75 Å². The summed E-state index contributed by atoms with van der Waals surface area (Å²) in [5.74, 6) is 0.731. The van der Waals surface area contributed by atoms with Gasteiger partial charge in [0.2, 0.25) is 11.8 Å². The maximum Gasteiger partial charge on any atom is 0.259 e. The number of amidine groups is 2. The number of para-hydroxylation sites is 1. The topological polar surface area (TPSA) is 112 Å². The predicted octanol–water partition coefficient (Wildman–Crippen LogP) is 5.03. The SMILES string of the molecule is CC[C@@H](SC1=Nc2ccccc2C2=N[C@H](CCC(=O)NC3CCCCC3)C(=O)N12)C(=O)Nc1cccc(OC)c1. The number of hydrogen-bond donors (Lipinski definition) is 2. The van der Waals surface area contributed by atoms with E-state index in [0.29, 0.717) is 41.0 Å². The van der Waals surface area contributed by atoms with E-state index < -0.39 is 11.3 Å². The summed E-state index contributed by atoms with van der Waals surface area (Å²) < 4.78 is 5.26. The molecule has 5 rings (SSSR count). The monoisotopic (exact) mass is 561 g/mol. The molecule has 40 heavy (non-hydrogen) atoms. The van der Waals surface area contributed by atoms with Crippen molar-refractivity contribution in [2.75, 3.05) is 12.4 Å². The highest BCUT2D eigenvalue weighted by atomic mass is 32.2. The third kappa shape index (κ3) is 6.22. The van der Waals surface area contributed by atoms with Crippen molar-refractivity contribution in [3.63, 3.8) is 0 Å². The molecule has 1 aliphatic carbocycles. The smallest absolute Gasteiger partial charge is 0.259 e. The van der Waals surface area contributed by atoms with E-state index in [1.807, 2.05) is 43.3 Å². The zero-order valence-electron chi connectivity index (χ0n) is 22.9. The Morgan fingerprint density at radius 1 is 1.12 bits per heavy atom. The third-order valence-corrected chi connectivity index (χ3v) is 8.73. The van der Waals surface area contributed by atoms with Crippen molar-refractivity contribution in [1.29, 1.82) is 0 Å². The molecule has 2 aromatic carbocycles. The van der Waals surface area contributed by atoms with E-state index in [0.717, 1.165) is 31.2 Å². The van der Waals surface area contributed by atoms with E-state index in [-0.39, 0.29) is 30.2 Å². The lowest BCUT2D eigenvalue weighted by molar-refractivity contribution is -0.125. The summed E-state index contributed by atoms with van der Waals surface area (Å²) in [4.78, 5) is 50.6. The zero-order chi connectivity index (χ0) is 28.1. The number of methoxy groups -OCH3 is 1. The zero-order valence-corrected chi connectivity index (χ0v) is 23.7. The first-order valence-corrected chi connectivity index (χ1v) is 14.9. The van der Waals surface area contributed by atoms with Crippen LogP contribution in [0.3, 0.4) is 0 Å². The Morgan fingerprint density at radius 3 is 2.70 bits per heavy atom. The molecule has 10 heteroatoms. The molecule has 0 radical (unpaired) electrons. The minimum Gasteiger partial charge on any atom is -0.497 e. The number of rotatable bonds is 9. The van der Waals surface area contributed by atoms with Crippen LogP contribution in [-0.2, 0) is 14.4 Å². The second-order valence-corrected chi connectivity index (χ2v) is 11.4. The summed E-state index contributed by atoms with van der Waals surface area (Å²) in [7, 11) is 1.58. The van der Waals surface area contributed by atoms with Crippen molar-refractivity contribution in [3.05, 3.63) is 54.1 Å². The van der Waals surface area contributed by atoms with Gasteiger partial charge in [-0.05, 0) is 49.9 Å². The lowest BCUT2D eigenvalue weighted by Crippen LogP contribution is -2.43. The van der Waals surface area contributed by atoms with E-state index in [9.17, 15) is 14.4 Å². The van der Waals surface area contributed by atoms with E-state index in [4.69, 9.17) is 14.7 Å². The van der Waals surface area contributed by atoms with Gasteiger partial charge in [-0.2, -0.15) is 0 Å². The van der Waals surface area contributed by atoms with Gasteiger partial charge in [0.1, 0.15) is 17.6 Å². The van der Waals surface area contributed by atoms with Crippen LogP contribution in [0.1, 0.15) is 63.9 Å². The Kier molecular flexibility index (Phi) is 8.84. The molecule has 2 aliphatic heterocycles. The maximum atomic E-state index is 13.6. The van der Waals surface area contributed by atoms with E-state index in [1.165, 1.54) is 23.1 Å². The Balaban J connectivity index is 1.30. The standard InChI is InChI=1S/C30H35N5O4S/c1-3-25(28(37)32-20-12-9-13-21(18-20)39-2)40-30-34-23-15-8-7-14-22(23)27-33-24(29(38)35(27)30)16-17-26(36)31-19-10-5-4-6-11-19/h7-9,12-15,18-19,24-25H,3-6,10-11,16-17H2,1-2H3,(H,31,36)(H,32,37)/t24-,25-/m1/s1. The van der Waals surface area contributed by atoms with E-state index >= 15 is 0 Å². The fraction of sp³-hybridized carbons (Fsp3) is 0.433. The normalized spacial score (nSPS) is 19.2. The van der Waals surface area contributed by atoms with Gasteiger partial charge in [0.25, 0.3) is 5.91 Å². The molecule has 0 saturated heterocycles. The van der Waals surface area contributed by atoms with Gasteiger partial charge in [-0.3, -0.25) is 19.4 Å². The number of ether oxygens (including phenoxy) is 1. The highest BCUT2D eigenvalue weighted by molar-refractivity contribution is 8.15. The van der Waals surface area contributed by atoms with Gasteiger partial charge in [-0.1, -0.05) is 56.1 Å². The van der Waals surface area contributed by atoms with Crippen LogP contribution in [0, 0.1) is 0 Å². The van der Waals surface area contributed by atoms with Crippen LogP contribution in [0.4, 0.5) is 11.4 Å². The van der Waals surface area contributed by atoms with Crippen molar-refractivity contribution in [3.8, 4) is 5.75 Å². The number of thioether (sulfide) groups is 1. The number of hydrogen-bond acceptors (Lipinski definition) is 7. The van der Waals surface area contributed by atoms with Crippen molar-refractivity contribution in [2.24, 2.45) is 9.98 Å². The van der Waals surface area contributed by atoms with Crippen LogP contribution in [0.2, 0.25) is 0 Å². The average Bonchev–Trinajstić information content (AvgIpc) is 3.31. The molecule has 0 bridgehead atoms. The Morgan fingerprint density at radius 2 is 1.93 bits per heavy atom. The average molecular weight is 562 g/mol. The van der Waals surface area contributed by atoms with Gasteiger partial charge in [-0.15, -0.1) is 0 Å². The largest absolute Gasteiger partial charge is 0.497 e. The quantitative estimate of drug-likeness (QED) is 0.446. The molecule has 1 saturated carbocycles. The Hall–Kier alpha value is -3.66. The van der Waals surface area contributed by atoms with Crippen LogP contribution in [0.15, 0.2) is 58.5 Å². The fourth-order valence-electron chi connectivity index (χ4n) is 5.26. The molecule has 0 spiro atoms. The van der Waals surface area contributed by atoms with Crippen molar-refractivity contribution >= 4 is 51.9 Å². The number of fused-ring (bicyclic) bond motifs is 3.